The summed E-state index contributed by atoms with van der Waals surface area (Å²) in [7, 11) is 0. The summed E-state index contributed by atoms with van der Waals surface area (Å²) >= 11 is 1.61. The number of nitrogens with one attached hydrogen (secondary N) is 2. The van der Waals surface area contributed by atoms with E-state index in [0.717, 1.165) is 49.1 Å². The van der Waals surface area contributed by atoms with Gasteiger partial charge in [-0.1, -0.05) is 0 Å². The van der Waals surface area contributed by atoms with E-state index >= 15 is 0 Å². The van der Waals surface area contributed by atoms with Crippen molar-refractivity contribution in [2.45, 2.75) is 19.9 Å². The second kappa shape index (κ2) is 7.25. The van der Waals surface area contributed by atoms with E-state index in [1.807, 2.05) is 31.5 Å². The van der Waals surface area contributed by atoms with Gasteiger partial charge in [0.05, 0.1) is 23.9 Å². The number of H-pyrrole nitrogens is 1. The maximum absolute atomic E-state index is 12.3. The molecule has 0 saturated carbocycles. The second-order valence-corrected chi connectivity index (χ2v) is 6.90. The molecule has 6 nitrogen and oxygen atoms in total. The Bertz CT molecular complexity index is 661. The lowest BCUT2D eigenvalue weighted by atomic mass is 10.2. The van der Waals surface area contributed by atoms with Crippen molar-refractivity contribution in [2.75, 3.05) is 32.8 Å². The van der Waals surface area contributed by atoms with Crippen LogP contribution in [0.2, 0.25) is 0 Å². The first-order chi connectivity index (χ1) is 11.1. The molecule has 1 fully saturated rings. The molecule has 124 valence electrons. The van der Waals surface area contributed by atoms with Crippen LogP contribution in [0, 0.1) is 6.92 Å². The first-order valence-electron chi connectivity index (χ1n) is 7.83. The van der Waals surface area contributed by atoms with Crippen LogP contribution in [0.25, 0.3) is 11.3 Å². The minimum absolute atomic E-state index is 0.0797. The third kappa shape index (κ3) is 4.19. The van der Waals surface area contributed by atoms with Crippen LogP contribution >= 0.6 is 11.3 Å². The normalized spacial score (nSPS) is 17.1. The number of nitrogens with zero attached hydrogens (tertiary/aromatic N) is 2. The maximum atomic E-state index is 12.3. The number of carbonyl (C=O) groups is 1. The van der Waals surface area contributed by atoms with E-state index in [1.165, 1.54) is 0 Å². The van der Waals surface area contributed by atoms with Gasteiger partial charge in [0.2, 0.25) is 0 Å². The van der Waals surface area contributed by atoms with Crippen LogP contribution in [-0.2, 0) is 4.74 Å². The number of aromatic amines is 1. The summed E-state index contributed by atoms with van der Waals surface area (Å²) in [4.78, 5) is 22.1. The zero-order chi connectivity index (χ0) is 16.2. The lowest BCUT2D eigenvalue weighted by Gasteiger charge is -2.29. The van der Waals surface area contributed by atoms with Crippen molar-refractivity contribution in [3.05, 3.63) is 28.3 Å². The van der Waals surface area contributed by atoms with Crippen LogP contribution in [0.3, 0.4) is 0 Å². The van der Waals surface area contributed by atoms with Crippen molar-refractivity contribution in [1.82, 2.24) is 20.2 Å². The molecule has 0 bridgehead atoms. The molecule has 0 spiro atoms. The molecule has 3 heterocycles. The van der Waals surface area contributed by atoms with Gasteiger partial charge in [-0.3, -0.25) is 9.69 Å². The number of rotatable bonds is 5. The van der Waals surface area contributed by atoms with Gasteiger partial charge >= 0.3 is 0 Å². The van der Waals surface area contributed by atoms with Gasteiger partial charge in [0.25, 0.3) is 5.91 Å². The Labute approximate surface area is 139 Å². The zero-order valence-electron chi connectivity index (χ0n) is 13.5. The Hall–Kier alpha value is -1.70. The summed E-state index contributed by atoms with van der Waals surface area (Å²) in [5.41, 5.74) is 2.42. The fourth-order valence-electron chi connectivity index (χ4n) is 2.69. The summed E-state index contributed by atoms with van der Waals surface area (Å²) in [6.45, 7) is 8.24. The van der Waals surface area contributed by atoms with Crippen molar-refractivity contribution >= 4 is 17.2 Å². The summed E-state index contributed by atoms with van der Waals surface area (Å²) in [6, 6.07) is 1.94. The number of ether oxygens (including phenoxy) is 1. The summed E-state index contributed by atoms with van der Waals surface area (Å²) < 4.78 is 5.34. The average molecular weight is 334 g/mol. The van der Waals surface area contributed by atoms with Gasteiger partial charge in [-0.25, -0.2) is 4.98 Å². The summed E-state index contributed by atoms with van der Waals surface area (Å²) in [6.07, 6.45) is 1.83. The van der Waals surface area contributed by atoms with Gasteiger partial charge in [0.1, 0.15) is 5.69 Å². The van der Waals surface area contributed by atoms with Crippen molar-refractivity contribution in [3.8, 4) is 11.3 Å². The monoisotopic (exact) mass is 334 g/mol. The Morgan fingerprint density at radius 3 is 3.00 bits per heavy atom. The molecule has 23 heavy (non-hydrogen) atoms. The van der Waals surface area contributed by atoms with Crippen LogP contribution in [0.15, 0.2) is 17.6 Å². The number of aryl methyl sites for hydroxylation is 1. The molecule has 0 unspecified atom stereocenters. The lowest BCUT2D eigenvalue weighted by molar-refractivity contribution is 0.0342. The minimum atomic E-state index is -0.0797. The molecular weight excluding hydrogens is 312 g/mol. The predicted molar refractivity (Wildman–Crippen MR) is 90.8 cm³/mol. The molecule has 1 aliphatic heterocycles. The fourth-order valence-corrected chi connectivity index (χ4v) is 3.31. The van der Waals surface area contributed by atoms with E-state index in [2.05, 4.69) is 20.2 Å². The smallest absolute Gasteiger partial charge is 0.267 e. The Kier molecular flexibility index (Phi) is 5.09. The predicted octanol–water partition coefficient (Wildman–Crippen LogP) is 1.90. The van der Waals surface area contributed by atoms with E-state index in [0.29, 0.717) is 5.69 Å². The quantitative estimate of drug-likeness (QED) is 0.876. The highest BCUT2D eigenvalue weighted by atomic mass is 32.1. The summed E-state index contributed by atoms with van der Waals surface area (Å²) in [5.74, 6) is -0.0797. The van der Waals surface area contributed by atoms with E-state index < -0.39 is 0 Å². The first-order valence-corrected chi connectivity index (χ1v) is 8.71. The zero-order valence-corrected chi connectivity index (χ0v) is 14.3. The number of hydrogen-bond donors (Lipinski definition) is 2. The van der Waals surface area contributed by atoms with E-state index in [4.69, 9.17) is 4.74 Å². The topological polar surface area (TPSA) is 70.2 Å². The van der Waals surface area contributed by atoms with Crippen molar-refractivity contribution in [1.29, 1.82) is 0 Å². The van der Waals surface area contributed by atoms with Crippen molar-refractivity contribution < 1.29 is 9.53 Å². The molecule has 7 heteroatoms. The highest BCUT2D eigenvalue weighted by Crippen LogP contribution is 2.22. The minimum Gasteiger partial charge on any atom is -0.379 e. The Morgan fingerprint density at radius 1 is 1.52 bits per heavy atom. The van der Waals surface area contributed by atoms with Gasteiger partial charge in [0, 0.05) is 42.8 Å². The van der Waals surface area contributed by atoms with Gasteiger partial charge in [-0.2, -0.15) is 0 Å². The van der Waals surface area contributed by atoms with Crippen LogP contribution in [0.1, 0.15) is 22.4 Å². The van der Waals surface area contributed by atoms with Gasteiger partial charge in [-0.15, -0.1) is 11.3 Å². The third-order valence-corrected chi connectivity index (χ3v) is 4.63. The number of morpholine rings is 1. The molecule has 0 aliphatic carbocycles. The standard InChI is InChI=1S/C16H22N4O2S/c1-11(9-20-3-5-22-6-4-20)18-16(21)14-7-13(8-17-14)15-10-23-12(2)19-15/h7-8,10-11,17H,3-6,9H2,1-2H3,(H,18,21)/t11-/m1/s1. The SMILES string of the molecule is Cc1nc(-c2c[nH]c(C(=O)N[C@H](C)CN3CCOCC3)c2)cs1. The van der Waals surface area contributed by atoms with Gasteiger partial charge in [0.15, 0.2) is 0 Å². The molecule has 1 atom stereocenters. The van der Waals surface area contributed by atoms with Crippen LogP contribution in [0.5, 0.6) is 0 Å². The van der Waals surface area contributed by atoms with E-state index in [1.54, 1.807) is 11.3 Å². The largest absolute Gasteiger partial charge is 0.379 e. The fraction of sp³-hybridized carbons (Fsp3) is 0.500. The average Bonchev–Trinajstić information content (AvgIpc) is 3.16. The van der Waals surface area contributed by atoms with E-state index in [9.17, 15) is 4.79 Å². The number of amides is 1. The summed E-state index contributed by atoms with van der Waals surface area (Å²) in [5, 5.41) is 6.06. The first kappa shape index (κ1) is 16.2. The molecule has 2 aromatic rings. The van der Waals surface area contributed by atoms with Crippen LogP contribution in [-0.4, -0.2) is 59.7 Å². The maximum Gasteiger partial charge on any atom is 0.267 e. The van der Waals surface area contributed by atoms with Crippen LogP contribution < -0.4 is 5.32 Å². The van der Waals surface area contributed by atoms with Crippen LogP contribution in [0.4, 0.5) is 0 Å². The van der Waals surface area contributed by atoms with Crippen molar-refractivity contribution in [2.24, 2.45) is 0 Å². The third-order valence-electron chi connectivity index (χ3n) is 3.86. The molecule has 3 rings (SSSR count). The Balaban J connectivity index is 1.56. The highest BCUT2D eigenvalue weighted by molar-refractivity contribution is 7.09. The van der Waals surface area contributed by atoms with Gasteiger partial charge < -0.3 is 15.0 Å². The Morgan fingerprint density at radius 2 is 2.30 bits per heavy atom. The van der Waals surface area contributed by atoms with Crippen molar-refractivity contribution in [3.63, 3.8) is 0 Å². The van der Waals surface area contributed by atoms with Gasteiger partial charge in [-0.05, 0) is 19.9 Å². The molecule has 2 aromatic heterocycles. The lowest BCUT2D eigenvalue weighted by Crippen LogP contribution is -2.46. The highest BCUT2D eigenvalue weighted by Gasteiger charge is 2.17. The number of hydrogen-bond acceptors (Lipinski definition) is 5. The molecule has 0 aromatic carbocycles. The van der Waals surface area contributed by atoms with E-state index in [-0.39, 0.29) is 11.9 Å². The number of thiazole rings is 1. The molecule has 1 amide bonds. The number of aromatic nitrogens is 2. The molecule has 1 saturated heterocycles. The molecule has 2 N–H and O–H groups in total. The number of carbonyl (C=O) groups excluding carboxylic acids is 1. The molecule has 0 radical (unpaired) electrons. The molecular formula is C16H22N4O2S. The molecule has 1 aliphatic rings. The second-order valence-electron chi connectivity index (χ2n) is 5.84.